The Morgan fingerprint density at radius 3 is 1.73 bits per heavy atom. The van der Waals surface area contributed by atoms with Gasteiger partial charge >= 0.3 is 5.97 Å². The number of hydrogen-bond donors (Lipinski definition) is 1. The van der Waals surface area contributed by atoms with E-state index in [0.717, 1.165) is 18.3 Å². The largest absolute Gasteiger partial charge is 0.459 e. The number of methoxy groups -OCH3 is 4. The highest BCUT2D eigenvalue weighted by Crippen LogP contribution is 2.44. The van der Waals surface area contributed by atoms with Gasteiger partial charge < -0.3 is 57.4 Å². The average Bonchev–Trinajstić information content (AvgIpc) is 3.39. The van der Waals surface area contributed by atoms with Gasteiger partial charge in [-0.25, -0.2) is 0 Å². The molecule has 17 atom stereocenters. The fourth-order valence-corrected chi connectivity index (χ4v) is 15.2. The van der Waals surface area contributed by atoms with Gasteiger partial charge in [-0.15, -0.1) is 0 Å². The number of hydrogen-bond acceptors (Lipinski definition) is 13. The van der Waals surface area contributed by atoms with Crippen LogP contribution in [0.4, 0.5) is 0 Å². The maximum absolute atomic E-state index is 14.5. The van der Waals surface area contributed by atoms with Crippen molar-refractivity contribution in [3.8, 4) is 0 Å². The zero-order chi connectivity index (χ0) is 55.5. The Labute approximate surface area is 450 Å². The van der Waals surface area contributed by atoms with Crippen LogP contribution in [0.25, 0.3) is 0 Å². The average molecular weight is 1060 g/mol. The first-order valence-corrected chi connectivity index (χ1v) is 28.9. The third-order valence-electron chi connectivity index (χ3n) is 16.5. The predicted molar refractivity (Wildman–Crippen MR) is 301 cm³/mol. The van der Waals surface area contributed by atoms with Gasteiger partial charge in [-0.05, 0) is 111 Å². The Bertz CT molecular complexity index is 2200. The minimum atomic E-state index is -1.78. The molecule has 1 N–H and O–H groups in total. The Hall–Kier alpha value is -3.56. The van der Waals surface area contributed by atoms with Crippen molar-refractivity contribution in [3.05, 3.63) is 103 Å². The molecule has 3 heterocycles. The third kappa shape index (κ3) is 14.4. The molecular formula is C61H92NO12P. The fourth-order valence-electron chi connectivity index (χ4n) is 12.2. The molecule has 0 aromatic heterocycles. The highest BCUT2D eigenvalue weighted by Gasteiger charge is 2.53. The molecule has 13 nitrogen and oxygen atoms in total. The third-order valence-corrected chi connectivity index (χ3v) is 20.0. The zero-order valence-electron chi connectivity index (χ0n) is 48.0. The number of carbonyl (C=O) groups excluding carboxylic acids is 2. The summed E-state index contributed by atoms with van der Waals surface area (Å²) in [6.45, 7) is 17.4. The monoisotopic (exact) mass is 1060 g/mol. The van der Waals surface area contributed by atoms with Gasteiger partial charge in [-0.3, -0.25) is 4.79 Å². The zero-order valence-corrected chi connectivity index (χ0v) is 48.9. The van der Waals surface area contributed by atoms with E-state index in [1.807, 2.05) is 62.6 Å². The van der Waals surface area contributed by atoms with Crippen LogP contribution >= 0.6 is 6.89 Å². The number of carbonyl (C=O) groups is 2. The molecule has 418 valence electrons. The molecule has 6 rings (SSSR count). The van der Waals surface area contributed by atoms with Crippen molar-refractivity contribution in [2.45, 2.75) is 179 Å². The quantitative estimate of drug-likeness (QED) is 0.0672. The minimum Gasteiger partial charge on any atom is -0.459 e. The number of nitrogens with zero attached hydrogens (tertiary/aromatic N) is 1. The summed E-state index contributed by atoms with van der Waals surface area (Å²) in [6.07, 6.45) is 4.18. The van der Waals surface area contributed by atoms with E-state index < -0.39 is 90.5 Å². The van der Waals surface area contributed by atoms with E-state index in [-0.39, 0.29) is 30.6 Å². The Balaban J connectivity index is 0.000000428. The summed E-state index contributed by atoms with van der Waals surface area (Å²) in [7, 11) is 10.6. The van der Waals surface area contributed by atoms with Crippen LogP contribution in [0, 0.1) is 23.7 Å². The van der Waals surface area contributed by atoms with E-state index in [4.69, 9.17) is 48.9 Å². The first-order valence-electron chi connectivity index (χ1n) is 26.9. The van der Waals surface area contributed by atoms with Crippen LogP contribution in [0.2, 0.25) is 0 Å². The fraction of sp³-hybridized carbons (Fsp3) is 0.623. The summed E-state index contributed by atoms with van der Waals surface area (Å²) in [5.74, 6) is -2.65. The molecule has 0 radical (unpaired) electrons. The number of aliphatic hydroxyl groups is 1. The molecule has 14 heteroatoms. The van der Waals surface area contributed by atoms with Crippen LogP contribution in [-0.2, 0) is 52.2 Å². The topological polar surface area (TPSA) is 141 Å². The standard InChI is InChI=1S/C42H75NO12.C19H17P/c1-17-32-42(10,46)30(18-19-44)25(3)20-24(2)22-40(8,49-15)36(55-39-35(47-13)31(43(11)12)21-26(4)51-39)27(5)34(28(6)38(45)53-32)54-33-23-41(9,50-16)37(48-14)29(7)52-33;1-20(17-11-5-2-6-12-17,18-13-7-3-8-14-18)19-15-9-4-10-16-19/h19-20,24,26-37,39,46H,17-18,21-23H2,1-16H3;2-16H,1H2/b25-20-;/t24-,26+,27-,28+,29-,30+,31-,32+,33-,34-,35+,36+,37-,39-,40+,41+,42-;/m0./s1. The van der Waals surface area contributed by atoms with Crippen molar-refractivity contribution in [1.29, 1.82) is 0 Å². The summed E-state index contributed by atoms with van der Waals surface area (Å²) in [6, 6.07) is 32.0. The van der Waals surface area contributed by atoms with Gasteiger partial charge in [0.1, 0.15) is 30.2 Å². The van der Waals surface area contributed by atoms with Crippen molar-refractivity contribution in [1.82, 2.24) is 4.90 Å². The summed E-state index contributed by atoms with van der Waals surface area (Å²) in [5, 5.41) is 16.1. The maximum atomic E-state index is 14.5. The normalized spacial score (nSPS) is 37.0. The Morgan fingerprint density at radius 2 is 1.28 bits per heavy atom. The predicted octanol–water partition coefficient (Wildman–Crippen LogP) is 8.75. The van der Waals surface area contributed by atoms with Crippen LogP contribution in [-0.4, -0.2) is 149 Å². The molecule has 0 spiro atoms. The second-order valence-corrected chi connectivity index (χ2v) is 25.3. The number of aldehydes is 1. The van der Waals surface area contributed by atoms with E-state index in [1.165, 1.54) is 15.9 Å². The molecule has 0 bridgehead atoms. The molecule has 3 aliphatic heterocycles. The summed E-state index contributed by atoms with van der Waals surface area (Å²) >= 11 is 0. The first kappa shape index (κ1) is 62.3. The van der Waals surface area contributed by atoms with E-state index in [2.05, 4.69) is 109 Å². The number of esters is 1. The van der Waals surface area contributed by atoms with Crippen molar-refractivity contribution in [2.75, 3.05) is 42.5 Å². The van der Waals surface area contributed by atoms with Crippen molar-refractivity contribution >= 4 is 41.4 Å². The van der Waals surface area contributed by atoms with E-state index in [9.17, 15) is 14.7 Å². The van der Waals surface area contributed by atoms with Crippen molar-refractivity contribution in [3.63, 3.8) is 0 Å². The minimum absolute atomic E-state index is 0.0120. The highest BCUT2D eigenvalue weighted by atomic mass is 31.2. The molecule has 3 aromatic carbocycles. The lowest BCUT2D eigenvalue weighted by atomic mass is 9.74. The smallest absolute Gasteiger partial charge is 0.311 e. The molecule has 2 saturated heterocycles. The number of allylic oxidation sites excluding steroid dienone is 1. The van der Waals surface area contributed by atoms with Crippen LogP contribution in [0.3, 0.4) is 0 Å². The van der Waals surface area contributed by atoms with E-state index >= 15 is 0 Å². The summed E-state index contributed by atoms with van der Waals surface area (Å²) < 4.78 is 57.8. The van der Waals surface area contributed by atoms with Crippen LogP contribution < -0.4 is 15.9 Å². The molecule has 75 heavy (non-hydrogen) atoms. The Kier molecular flexibility index (Phi) is 22.7. The number of cyclic esters (lactones) is 1. The molecule has 0 aliphatic carbocycles. The van der Waals surface area contributed by atoms with Gasteiger partial charge in [0, 0.05) is 59.2 Å². The number of likely N-dealkylation sites (N-methyl/N-ethyl adjacent to an activating group) is 1. The molecule has 0 amide bonds. The number of benzene rings is 3. The molecule has 0 saturated carbocycles. The summed E-state index contributed by atoms with van der Waals surface area (Å²) in [5.41, 5.74) is -2.44. The molecule has 2 fully saturated rings. The second kappa shape index (κ2) is 27.3. The number of rotatable bonds is 15. The van der Waals surface area contributed by atoms with Crippen molar-refractivity contribution < 1.29 is 57.3 Å². The van der Waals surface area contributed by atoms with Crippen LogP contribution in [0.1, 0.15) is 101 Å². The lowest BCUT2D eigenvalue weighted by Crippen LogP contribution is -2.61. The molecular weight excluding hydrogens is 970 g/mol. The Morgan fingerprint density at radius 1 is 0.760 bits per heavy atom. The van der Waals surface area contributed by atoms with E-state index in [1.54, 1.807) is 42.3 Å². The van der Waals surface area contributed by atoms with Gasteiger partial charge in [-0.2, -0.15) is 0 Å². The van der Waals surface area contributed by atoms with Gasteiger partial charge in [0.15, 0.2) is 12.6 Å². The number of ether oxygens (including phenoxy) is 9. The molecule has 3 aliphatic rings. The maximum Gasteiger partial charge on any atom is 0.311 e. The SMILES string of the molecule is C=P(c1ccccc1)(c1ccccc1)c1ccccc1.CC[C@H]1OC(=O)[C@H](C)[C@@H](O[C@H]2C[C@@](C)(OC)[C@@H](OC)[C@H](C)O2)[C@H](C)[C@@H](O[C@@H]2O[C@H](C)C[C@H](N(C)C)[C@H]2OC)[C@](C)(OC)C[C@@H](C)/C=C(/C)[C@@H](CC=O)[C@]1(C)O. The van der Waals surface area contributed by atoms with Crippen LogP contribution in [0.15, 0.2) is 103 Å². The van der Waals surface area contributed by atoms with Gasteiger partial charge in [0.25, 0.3) is 0 Å². The van der Waals surface area contributed by atoms with Gasteiger partial charge in [-0.1, -0.05) is 130 Å². The van der Waals surface area contributed by atoms with Gasteiger partial charge in [0.2, 0.25) is 0 Å². The summed E-state index contributed by atoms with van der Waals surface area (Å²) in [4.78, 5) is 28.6. The molecule has 0 unspecified atom stereocenters. The van der Waals surface area contributed by atoms with Gasteiger partial charge in [0.05, 0.1) is 41.5 Å². The van der Waals surface area contributed by atoms with E-state index in [0.29, 0.717) is 19.3 Å². The lowest BCUT2D eigenvalue weighted by molar-refractivity contribution is -0.322. The highest BCUT2D eigenvalue weighted by molar-refractivity contribution is 7.93. The van der Waals surface area contributed by atoms with Crippen molar-refractivity contribution in [2.24, 2.45) is 23.7 Å². The van der Waals surface area contributed by atoms with Crippen LogP contribution in [0.5, 0.6) is 0 Å². The lowest BCUT2D eigenvalue weighted by Gasteiger charge is -2.50. The molecule has 3 aromatic rings. The second-order valence-electron chi connectivity index (χ2n) is 22.2. The first-order chi connectivity index (χ1) is 35.5.